The van der Waals surface area contributed by atoms with Gasteiger partial charge in [-0.25, -0.2) is 0 Å². The zero-order valence-electron chi connectivity index (χ0n) is 11.3. The number of rotatable bonds is 4. The van der Waals surface area contributed by atoms with E-state index in [1.807, 2.05) is 0 Å². The fourth-order valence-corrected chi connectivity index (χ4v) is 2.19. The summed E-state index contributed by atoms with van der Waals surface area (Å²) in [5, 5.41) is 0. The van der Waals surface area contributed by atoms with Crippen LogP contribution in [0.25, 0.3) is 11.1 Å². The Hall–Kier alpha value is -2.22. The molecule has 0 saturated carbocycles. The van der Waals surface area contributed by atoms with E-state index in [4.69, 9.17) is 4.74 Å². The summed E-state index contributed by atoms with van der Waals surface area (Å²) in [5.41, 5.74) is -4.83. The van der Waals surface area contributed by atoms with E-state index in [9.17, 15) is 21.6 Å². The average Bonchev–Trinajstić information content (AvgIpc) is 2.47. The van der Waals surface area contributed by atoms with Gasteiger partial charge in [-0.05, 0) is 23.8 Å². The maximum absolute atomic E-state index is 12.5. The quantitative estimate of drug-likeness (QED) is 0.634. The molecule has 8 heteroatoms. The van der Waals surface area contributed by atoms with E-state index >= 15 is 0 Å². The molecule has 4 nitrogen and oxygen atoms in total. The predicted molar refractivity (Wildman–Crippen MR) is 74.0 cm³/mol. The molecular formula is C14H11F3O4S. The average molecular weight is 332 g/mol. The van der Waals surface area contributed by atoms with Crippen molar-refractivity contribution in [1.82, 2.24) is 0 Å². The number of benzene rings is 2. The number of hydrogen-bond acceptors (Lipinski definition) is 4. The van der Waals surface area contributed by atoms with E-state index in [0.717, 1.165) is 6.07 Å². The number of hydrogen-bond donors (Lipinski definition) is 0. The summed E-state index contributed by atoms with van der Waals surface area (Å²) in [4.78, 5) is 0. The molecule has 2 rings (SSSR count). The molecule has 0 saturated heterocycles. The highest BCUT2D eigenvalue weighted by Crippen LogP contribution is 2.36. The highest BCUT2D eigenvalue weighted by Gasteiger charge is 2.48. The minimum Gasteiger partial charge on any atom is -0.497 e. The van der Waals surface area contributed by atoms with Crippen molar-refractivity contribution in [3.05, 3.63) is 48.5 Å². The van der Waals surface area contributed by atoms with Crippen LogP contribution in [0.2, 0.25) is 0 Å². The Morgan fingerprint density at radius 2 is 1.64 bits per heavy atom. The third kappa shape index (κ3) is 3.33. The Morgan fingerprint density at radius 3 is 2.18 bits per heavy atom. The van der Waals surface area contributed by atoms with Crippen molar-refractivity contribution in [2.24, 2.45) is 0 Å². The number of alkyl halides is 3. The first-order chi connectivity index (χ1) is 10.2. The zero-order valence-corrected chi connectivity index (χ0v) is 12.1. The summed E-state index contributed by atoms with van der Waals surface area (Å²) < 4.78 is 69.0. The van der Waals surface area contributed by atoms with E-state index in [1.54, 1.807) is 30.3 Å². The third-order valence-electron chi connectivity index (χ3n) is 2.75. The minimum absolute atomic E-state index is 0.174. The molecule has 0 bridgehead atoms. The Morgan fingerprint density at radius 1 is 1.00 bits per heavy atom. The Bertz CT molecular complexity index is 755. The fourth-order valence-electron chi connectivity index (χ4n) is 1.72. The maximum atomic E-state index is 12.5. The molecule has 0 amide bonds. The van der Waals surface area contributed by atoms with Crippen LogP contribution in [0.1, 0.15) is 0 Å². The van der Waals surface area contributed by atoms with Gasteiger partial charge in [0, 0.05) is 5.56 Å². The molecule has 0 aliphatic rings. The van der Waals surface area contributed by atoms with Crippen molar-refractivity contribution in [2.45, 2.75) is 5.51 Å². The van der Waals surface area contributed by atoms with Gasteiger partial charge in [-0.15, -0.1) is 0 Å². The van der Waals surface area contributed by atoms with Crippen LogP contribution in [-0.2, 0) is 10.1 Å². The van der Waals surface area contributed by atoms with Crippen molar-refractivity contribution >= 4 is 10.1 Å². The van der Waals surface area contributed by atoms with Gasteiger partial charge in [-0.3, -0.25) is 0 Å². The lowest BCUT2D eigenvalue weighted by Gasteiger charge is -2.14. The Balaban J connectivity index is 2.53. The highest BCUT2D eigenvalue weighted by molar-refractivity contribution is 7.88. The number of ether oxygens (including phenoxy) is 1. The molecule has 2 aromatic rings. The standard InChI is InChI=1S/C14H11F3O4S/c1-20-11-7-8-13(21-22(18,19)14(15,16)17)12(9-11)10-5-3-2-4-6-10/h2-9H,1H3. The van der Waals surface area contributed by atoms with Crippen molar-refractivity contribution < 1.29 is 30.5 Å². The van der Waals surface area contributed by atoms with Gasteiger partial charge in [0.15, 0.2) is 5.75 Å². The van der Waals surface area contributed by atoms with E-state index in [-0.39, 0.29) is 5.56 Å². The fraction of sp³-hybridized carbons (Fsp3) is 0.143. The Kier molecular flexibility index (Phi) is 4.32. The smallest absolute Gasteiger partial charge is 0.497 e. The molecule has 0 aliphatic heterocycles. The van der Waals surface area contributed by atoms with E-state index in [2.05, 4.69) is 4.18 Å². The van der Waals surface area contributed by atoms with Gasteiger partial charge in [-0.2, -0.15) is 21.6 Å². The molecule has 0 fully saturated rings. The summed E-state index contributed by atoms with van der Waals surface area (Å²) in [6, 6.07) is 12.1. The second-order valence-electron chi connectivity index (χ2n) is 4.21. The molecule has 118 valence electrons. The first-order valence-corrected chi connectivity index (χ1v) is 7.39. The van der Waals surface area contributed by atoms with Crippen LogP contribution in [0.15, 0.2) is 48.5 Å². The van der Waals surface area contributed by atoms with Crippen LogP contribution >= 0.6 is 0 Å². The summed E-state index contributed by atoms with van der Waals surface area (Å²) in [6.45, 7) is 0. The van der Waals surface area contributed by atoms with Gasteiger partial charge in [-0.1, -0.05) is 30.3 Å². The van der Waals surface area contributed by atoms with Crippen LogP contribution in [-0.4, -0.2) is 21.0 Å². The predicted octanol–water partition coefficient (Wildman–Crippen LogP) is 3.59. The van der Waals surface area contributed by atoms with E-state index in [1.165, 1.54) is 19.2 Å². The summed E-state index contributed by atoms with van der Waals surface area (Å²) in [5.74, 6) is -0.0695. The maximum Gasteiger partial charge on any atom is 0.534 e. The van der Waals surface area contributed by atoms with Gasteiger partial charge >= 0.3 is 15.6 Å². The van der Waals surface area contributed by atoms with Crippen molar-refractivity contribution in [1.29, 1.82) is 0 Å². The minimum atomic E-state index is -5.74. The largest absolute Gasteiger partial charge is 0.534 e. The monoisotopic (exact) mass is 332 g/mol. The number of halogens is 3. The Labute approximate surface area is 125 Å². The second kappa shape index (κ2) is 5.88. The zero-order chi connectivity index (χ0) is 16.4. The molecule has 0 spiro atoms. The molecular weight excluding hydrogens is 321 g/mol. The first kappa shape index (κ1) is 16.2. The molecule has 0 unspecified atom stereocenters. The molecule has 0 heterocycles. The van der Waals surface area contributed by atoms with E-state index in [0.29, 0.717) is 11.3 Å². The van der Waals surface area contributed by atoms with Crippen LogP contribution in [0.3, 0.4) is 0 Å². The molecule has 0 radical (unpaired) electrons. The normalized spacial score (nSPS) is 12.0. The van der Waals surface area contributed by atoms with Crippen LogP contribution < -0.4 is 8.92 Å². The van der Waals surface area contributed by atoms with Crippen LogP contribution in [0, 0.1) is 0 Å². The molecule has 2 aromatic carbocycles. The van der Waals surface area contributed by atoms with Crippen LogP contribution in [0.5, 0.6) is 11.5 Å². The van der Waals surface area contributed by atoms with Crippen molar-refractivity contribution in [3.63, 3.8) is 0 Å². The van der Waals surface area contributed by atoms with Crippen LogP contribution in [0.4, 0.5) is 13.2 Å². The first-order valence-electron chi connectivity index (χ1n) is 5.99. The molecule has 0 aliphatic carbocycles. The van der Waals surface area contributed by atoms with Gasteiger partial charge < -0.3 is 8.92 Å². The molecule has 0 atom stereocenters. The van der Waals surface area contributed by atoms with Gasteiger partial charge in [0.05, 0.1) is 7.11 Å². The second-order valence-corrected chi connectivity index (χ2v) is 5.75. The van der Waals surface area contributed by atoms with Crippen molar-refractivity contribution in [3.8, 4) is 22.6 Å². The van der Waals surface area contributed by atoms with Crippen molar-refractivity contribution in [2.75, 3.05) is 7.11 Å². The highest BCUT2D eigenvalue weighted by atomic mass is 32.2. The lowest BCUT2D eigenvalue weighted by molar-refractivity contribution is -0.0499. The summed E-state index contributed by atoms with van der Waals surface area (Å²) >= 11 is 0. The third-order valence-corrected chi connectivity index (χ3v) is 3.72. The number of methoxy groups -OCH3 is 1. The summed E-state index contributed by atoms with van der Waals surface area (Å²) in [7, 11) is -4.36. The SMILES string of the molecule is COc1ccc(OS(=O)(=O)C(F)(F)F)c(-c2ccccc2)c1. The topological polar surface area (TPSA) is 52.6 Å². The molecule has 0 N–H and O–H groups in total. The lowest BCUT2D eigenvalue weighted by Crippen LogP contribution is -2.28. The van der Waals surface area contributed by atoms with Gasteiger partial charge in [0.2, 0.25) is 0 Å². The summed E-state index contributed by atoms with van der Waals surface area (Å²) in [6.07, 6.45) is 0. The molecule has 22 heavy (non-hydrogen) atoms. The van der Waals surface area contributed by atoms with Gasteiger partial charge in [0.1, 0.15) is 5.75 Å². The van der Waals surface area contributed by atoms with E-state index < -0.39 is 21.4 Å². The lowest BCUT2D eigenvalue weighted by atomic mass is 10.0. The molecule has 0 aromatic heterocycles. The van der Waals surface area contributed by atoms with Gasteiger partial charge in [0.25, 0.3) is 0 Å².